The summed E-state index contributed by atoms with van der Waals surface area (Å²) in [6.45, 7) is 4.35. The Hall–Kier alpha value is -3.01. The normalized spacial score (nSPS) is 13.3. The van der Waals surface area contributed by atoms with Gasteiger partial charge in [-0.2, -0.15) is 0 Å². The fourth-order valence-electron chi connectivity index (χ4n) is 2.38. The van der Waals surface area contributed by atoms with E-state index in [-0.39, 0.29) is 24.9 Å². The number of benzene rings is 1. The molecular formula is C17H22N2O8. The van der Waals surface area contributed by atoms with E-state index in [0.29, 0.717) is 0 Å². The second-order valence-corrected chi connectivity index (χ2v) is 6.84. The Morgan fingerprint density at radius 3 is 2.33 bits per heavy atom. The van der Waals surface area contributed by atoms with E-state index in [1.54, 1.807) is 0 Å². The van der Waals surface area contributed by atoms with E-state index in [0.717, 1.165) is 6.07 Å². The van der Waals surface area contributed by atoms with E-state index >= 15 is 0 Å². The Morgan fingerprint density at radius 2 is 1.81 bits per heavy atom. The first-order valence-corrected chi connectivity index (χ1v) is 8.09. The molecule has 0 heterocycles. The van der Waals surface area contributed by atoms with Gasteiger partial charge in [-0.3, -0.25) is 14.9 Å². The maximum absolute atomic E-state index is 12.6. The largest absolute Gasteiger partial charge is 0.481 e. The van der Waals surface area contributed by atoms with Gasteiger partial charge < -0.3 is 20.3 Å². The van der Waals surface area contributed by atoms with Gasteiger partial charge in [0, 0.05) is 24.4 Å². The number of carboxylic acids is 1. The lowest BCUT2D eigenvalue weighted by molar-refractivity contribution is -0.387. The van der Waals surface area contributed by atoms with Crippen LogP contribution in [0.2, 0.25) is 0 Å². The molecule has 10 heteroatoms. The minimum absolute atomic E-state index is 0.0577. The van der Waals surface area contributed by atoms with Crippen molar-refractivity contribution < 1.29 is 34.3 Å². The lowest BCUT2D eigenvalue weighted by atomic mass is 9.71. The molecule has 1 atom stereocenters. The fourth-order valence-corrected chi connectivity index (χ4v) is 2.38. The molecule has 1 amide bonds. The average molecular weight is 382 g/mol. The van der Waals surface area contributed by atoms with Crippen molar-refractivity contribution in [3.8, 4) is 0 Å². The molecular weight excluding hydrogens is 360 g/mol. The Bertz CT molecular complexity index is 741. The highest BCUT2D eigenvalue weighted by Crippen LogP contribution is 2.43. The number of hydrogen-bond donors (Lipinski definition) is 3. The van der Waals surface area contributed by atoms with E-state index in [4.69, 9.17) is 5.11 Å². The number of esters is 1. The van der Waals surface area contributed by atoms with Crippen LogP contribution in [0.1, 0.15) is 39.2 Å². The molecule has 1 unspecified atom stereocenters. The Labute approximate surface area is 155 Å². The molecule has 27 heavy (non-hydrogen) atoms. The summed E-state index contributed by atoms with van der Waals surface area (Å²) >= 11 is 0. The van der Waals surface area contributed by atoms with Crippen molar-refractivity contribution in [1.29, 1.82) is 0 Å². The number of nitro groups is 1. The molecule has 0 aliphatic heterocycles. The monoisotopic (exact) mass is 382 g/mol. The van der Waals surface area contributed by atoms with Crippen LogP contribution >= 0.6 is 0 Å². The highest BCUT2D eigenvalue weighted by Gasteiger charge is 2.53. The SMILES string of the molecule is CC(C)(C)C(O)(C(=O)OC(=O)NCCCC(=O)O)c1ccccc1[N+](=O)[O-]. The van der Waals surface area contributed by atoms with Crippen molar-refractivity contribution in [1.82, 2.24) is 5.32 Å². The number of nitrogens with one attached hydrogen (secondary N) is 1. The van der Waals surface area contributed by atoms with Crippen LogP contribution in [-0.4, -0.2) is 39.7 Å². The number of para-hydroxylation sites is 1. The van der Waals surface area contributed by atoms with Gasteiger partial charge in [-0.25, -0.2) is 9.59 Å². The number of carbonyl (C=O) groups is 3. The number of nitrogens with zero attached hydrogens (tertiary/aromatic N) is 1. The first kappa shape index (κ1) is 22.0. The van der Waals surface area contributed by atoms with Crippen LogP contribution in [-0.2, 0) is 19.9 Å². The number of nitro benzene ring substituents is 1. The molecule has 0 aromatic heterocycles. The van der Waals surface area contributed by atoms with Crippen LogP contribution in [0.25, 0.3) is 0 Å². The zero-order valence-electron chi connectivity index (χ0n) is 15.2. The van der Waals surface area contributed by atoms with Crippen LogP contribution < -0.4 is 5.32 Å². The number of alkyl carbamates (subject to hydrolysis) is 1. The molecule has 148 valence electrons. The third-order valence-corrected chi connectivity index (χ3v) is 3.89. The minimum Gasteiger partial charge on any atom is -0.481 e. The maximum Gasteiger partial charge on any atom is 0.414 e. The molecule has 1 aromatic carbocycles. The van der Waals surface area contributed by atoms with Gasteiger partial charge in [-0.05, 0) is 12.5 Å². The number of hydrogen-bond acceptors (Lipinski definition) is 7. The summed E-state index contributed by atoms with van der Waals surface area (Å²) < 4.78 is 4.63. The van der Waals surface area contributed by atoms with Gasteiger partial charge >= 0.3 is 18.0 Å². The van der Waals surface area contributed by atoms with Gasteiger partial charge in [0.1, 0.15) is 0 Å². The Kier molecular flexibility index (Phi) is 7.00. The zero-order chi connectivity index (χ0) is 20.8. The molecule has 0 aliphatic rings. The second-order valence-electron chi connectivity index (χ2n) is 6.84. The molecule has 0 radical (unpaired) electrons. The lowest BCUT2D eigenvalue weighted by Gasteiger charge is -2.37. The average Bonchev–Trinajstić information content (AvgIpc) is 2.56. The topological polar surface area (TPSA) is 156 Å². The highest BCUT2D eigenvalue weighted by molar-refractivity contribution is 5.92. The molecule has 0 spiro atoms. The van der Waals surface area contributed by atoms with Crippen LogP contribution in [0.5, 0.6) is 0 Å². The van der Waals surface area contributed by atoms with Gasteiger partial charge in [0.15, 0.2) is 5.60 Å². The standard InChI is InChI=1S/C17H22N2O8/c1-16(2,3)17(24,11-7-4-5-8-12(11)19(25)26)14(22)27-15(23)18-10-6-9-13(20)21/h4-5,7-8,24H,6,9-10H2,1-3H3,(H,18,23)(H,20,21). The number of aliphatic carboxylic acids is 1. The van der Waals surface area contributed by atoms with E-state index in [9.17, 15) is 29.6 Å². The van der Waals surface area contributed by atoms with Gasteiger partial charge in [-0.1, -0.05) is 32.9 Å². The fraction of sp³-hybridized carbons (Fsp3) is 0.471. The summed E-state index contributed by atoms with van der Waals surface area (Å²) in [5, 5.41) is 33.1. The summed E-state index contributed by atoms with van der Waals surface area (Å²) in [6, 6.07) is 5.14. The quantitative estimate of drug-likeness (QED) is 0.212. The summed E-state index contributed by atoms with van der Waals surface area (Å²) in [5.41, 5.74) is -4.52. The summed E-state index contributed by atoms with van der Waals surface area (Å²) in [5.74, 6) is -2.42. The van der Waals surface area contributed by atoms with Gasteiger partial charge in [-0.15, -0.1) is 0 Å². The summed E-state index contributed by atoms with van der Waals surface area (Å²) in [4.78, 5) is 45.3. The van der Waals surface area contributed by atoms with Gasteiger partial charge in [0.25, 0.3) is 5.69 Å². The first-order chi connectivity index (χ1) is 12.4. The van der Waals surface area contributed by atoms with Crippen molar-refractivity contribution in [3.05, 3.63) is 39.9 Å². The molecule has 0 bridgehead atoms. The maximum atomic E-state index is 12.6. The number of ether oxygens (including phenoxy) is 1. The van der Waals surface area contributed by atoms with Crippen LogP contribution in [0.15, 0.2) is 24.3 Å². The number of amides is 1. The van der Waals surface area contributed by atoms with E-state index in [2.05, 4.69) is 10.1 Å². The third kappa shape index (κ3) is 5.23. The predicted octanol–water partition coefficient (Wildman–Crippen LogP) is 1.95. The zero-order valence-corrected chi connectivity index (χ0v) is 15.2. The van der Waals surface area contributed by atoms with Crippen molar-refractivity contribution in [2.45, 2.75) is 39.2 Å². The molecule has 0 saturated carbocycles. The number of carboxylic acid groups (broad SMARTS) is 1. The highest BCUT2D eigenvalue weighted by atomic mass is 16.6. The summed E-state index contributed by atoms with van der Waals surface area (Å²) in [6.07, 6.45) is -1.26. The lowest BCUT2D eigenvalue weighted by Crippen LogP contribution is -2.50. The molecule has 10 nitrogen and oxygen atoms in total. The summed E-state index contributed by atoms with van der Waals surface area (Å²) in [7, 11) is 0. The van der Waals surface area contributed by atoms with Gasteiger partial charge in [0.05, 0.1) is 10.5 Å². The molecule has 1 aromatic rings. The van der Waals surface area contributed by atoms with E-state index in [1.165, 1.54) is 39.0 Å². The minimum atomic E-state index is -2.48. The van der Waals surface area contributed by atoms with E-state index < -0.39 is 39.7 Å². The second kappa shape index (κ2) is 8.58. The molecule has 0 saturated heterocycles. The van der Waals surface area contributed by atoms with Crippen molar-refractivity contribution in [2.75, 3.05) is 6.54 Å². The predicted molar refractivity (Wildman–Crippen MR) is 92.8 cm³/mol. The molecule has 0 fully saturated rings. The van der Waals surface area contributed by atoms with Crippen molar-refractivity contribution >= 4 is 23.7 Å². The molecule has 3 N–H and O–H groups in total. The Morgan fingerprint density at radius 1 is 1.22 bits per heavy atom. The van der Waals surface area contributed by atoms with Crippen LogP contribution in [0.4, 0.5) is 10.5 Å². The van der Waals surface area contributed by atoms with Crippen LogP contribution in [0, 0.1) is 15.5 Å². The van der Waals surface area contributed by atoms with Crippen molar-refractivity contribution in [2.24, 2.45) is 5.41 Å². The third-order valence-electron chi connectivity index (χ3n) is 3.89. The first-order valence-electron chi connectivity index (χ1n) is 8.09. The van der Waals surface area contributed by atoms with Gasteiger partial charge in [0.2, 0.25) is 0 Å². The Balaban J connectivity index is 3.08. The number of carbonyl (C=O) groups excluding carboxylic acids is 2. The smallest absolute Gasteiger partial charge is 0.414 e. The van der Waals surface area contributed by atoms with E-state index in [1.807, 2.05) is 0 Å². The van der Waals surface area contributed by atoms with Crippen LogP contribution in [0.3, 0.4) is 0 Å². The number of rotatable bonds is 7. The van der Waals surface area contributed by atoms with Crippen molar-refractivity contribution in [3.63, 3.8) is 0 Å². The number of aliphatic hydroxyl groups is 1. The molecule has 0 aliphatic carbocycles. The molecule has 1 rings (SSSR count).